The van der Waals surface area contributed by atoms with Crippen LogP contribution in [0.3, 0.4) is 0 Å². The molecule has 1 amide bonds. The van der Waals surface area contributed by atoms with Gasteiger partial charge < -0.3 is 0 Å². The molecule has 26 heavy (non-hydrogen) atoms. The number of amides is 1. The minimum atomic E-state index is -0.264. The normalized spacial score (nSPS) is 11.1. The van der Waals surface area contributed by atoms with Crippen molar-refractivity contribution in [1.82, 2.24) is 4.98 Å². The molecule has 3 aromatic rings. The van der Waals surface area contributed by atoms with Crippen molar-refractivity contribution in [1.29, 1.82) is 0 Å². The first-order valence-corrected chi connectivity index (χ1v) is 9.48. The van der Waals surface area contributed by atoms with Crippen LogP contribution in [0, 0.1) is 13.8 Å². The van der Waals surface area contributed by atoms with Crippen molar-refractivity contribution in [3.05, 3.63) is 74.6 Å². The number of nitrogens with zero attached hydrogens (tertiary/aromatic N) is 1. The first-order valence-electron chi connectivity index (χ1n) is 7.91. The molecule has 0 fully saturated rings. The molecule has 3 nitrogen and oxygen atoms in total. The Morgan fingerprint density at radius 1 is 1.12 bits per heavy atom. The monoisotopic (exact) mass is 402 g/mol. The van der Waals surface area contributed by atoms with Gasteiger partial charge in [0.2, 0.25) is 5.91 Å². The molecular weight excluding hydrogens is 387 g/mol. The molecule has 0 saturated heterocycles. The molecule has 2 aromatic carbocycles. The van der Waals surface area contributed by atoms with Gasteiger partial charge in [0.1, 0.15) is 0 Å². The molecule has 0 bridgehead atoms. The Bertz CT molecular complexity index is 978. The fraction of sp³-hybridized carbons (Fsp3) is 0.100. The summed E-state index contributed by atoms with van der Waals surface area (Å²) < 4.78 is 0. The van der Waals surface area contributed by atoms with Gasteiger partial charge in [0, 0.05) is 26.6 Å². The standard InChI is InChI=1S/C20H16Cl2N2OS/c1-12-3-5-15(6-4-12)19-13(2)26-20(24-19)23-18(25)10-8-14-7-9-16(21)11-17(14)22/h3-11H,1-2H3,(H,23,24,25). The van der Waals surface area contributed by atoms with E-state index in [2.05, 4.69) is 10.3 Å². The summed E-state index contributed by atoms with van der Waals surface area (Å²) in [6.07, 6.45) is 3.08. The Morgan fingerprint density at radius 3 is 2.54 bits per heavy atom. The molecule has 0 spiro atoms. The van der Waals surface area contributed by atoms with E-state index in [0.29, 0.717) is 15.2 Å². The van der Waals surface area contributed by atoms with Crippen LogP contribution in [0.5, 0.6) is 0 Å². The summed E-state index contributed by atoms with van der Waals surface area (Å²) in [5.74, 6) is -0.264. The van der Waals surface area contributed by atoms with E-state index >= 15 is 0 Å². The van der Waals surface area contributed by atoms with Crippen LogP contribution in [0.2, 0.25) is 10.0 Å². The summed E-state index contributed by atoms with van der Waals surface area (Å²) in [5, 5.41) is 4.41. The van der Waals surface area contributed by atoms with E-state index in [9.17, 15) is 4.79 Å². The topological polar surface area (TPSA) is 42.0 Å². The Balaban J connectivity index is 1.72. The molecule has 6 heteroatoms. The maximum Gasteiger partial charge on any atom is 0.250 e. The number of carbonyl (C=O) groups excluding carboxylic acids is 1. The first kappa shape index (κ1) is 18.6. The number of hydrogen-bond donors (Lipinski definition) is 1. The number of hydrogen-bond acceptors (Lipinski definition) is 3. The smallest absolute Gasteiger partial charge is 0.250 e. The van der Waals surface area contributed by atoms with Gasteiger partial charge in [-0.3, -0.25) is 10.1 Å². The van der Waals surface area contributed by atoms with E-state index in [1.165, 1.54) is 23.0 Å². The van der Waals surface area contributed by atoms with Gasteiger partial charge in [-0.2, -0.15) is 0 Å². The van der Waals surface area contributed by atoms with Crippen molar-refractivity contribution < 1.29 is 4.79 Å². The number of carbonyl (C=O) groups is 1. The van der Waals surface area contributed by atoms with Crippen molar-refractivity contribution in [2.45, 2.75) is 13.8 Å². The average molecular weight is 403 g/mol. The van der Waals surface area contributed by atoms with Crippen molar-refractivity contribution in [2.24, 2.45) is 0 Å². The molecular formula is C20H16Cl2N2OS. The number of aryl methyl sites for hydroxylation is 2. The molecule has 0 saturated carbocycles. The number of benzene rings is 2. The highest BCUT2D eigenvalue weighted by Crippen LogP contribution is 2.30. The van der Waals surface area contributed by atoms with Crippen molar-refractivity contribution >= 4 is 51.7 Å². The van der Waals surface area contributed by atoms with Crippen LogP contribution in [0.15, 0.2) is 48.5 Å². The summed E-state index contributed by atoms with van der Waals surface area (Å²) in [4.78, 5) is 17.8. The molecule has 0 unspecified atom stereocenters. The van der Waals surface area contributed by atoms with E-state index in [4.69, 9.17) is 23.2 Å². The lowest BCUT2D eigenvalue weighted by atomic mass is 10.1. The van der Waals surface area contributed by atoms with Gasteiger partial charge in [0.15, 0.2) is 5.13 Å². The second-order valence-electron chi connectivity index (χ2n) is 5.78. The van der Waals surface area contributed by atoms with Gasteiger partial charge in [0.25, 0.3) is 0 Å². The van der Waals surface area contributed by atoms with Crippen LogP contribution in [0.4, 0.5) is 5.13 Å². The lowest BCUT2D eigenvalue weighted by Crippen LogP contribution is -2.07. The van der Waals surface area contributed by atoms with Crippen LogP contribution in [-0.4, -0.2) is 10.9 Å². The largest absolute Gasteiger partial charge is 0.298 e. The third kappa shape index (κ3) is 4.52. The summed E-state index contributed by atoms with van der Waals surface area (Å²) in [5.41, 5.74) is 3.84. The molecule has 0 radical (unpaired) electrons. The second kappa shape index (κ2) is 8.04. The summed E-state index contributed by atoms with van der Waals surface area (Å²) in [6.45, 7) is 4.04. The molecule has 0 aliphatic rings. The van der Waals surface area contributed by atoms with Crippen molar-refractivity contribution in [3.63, 3.8) is 0 Å². The van der Waals surface area contributed by atoms with Crippen LogP contribution in [0.25, 0.3) is 17.3 Å². The zero-order valence-corrected chi connectivity index (χ0v) is 16.5. The van der Waals surface area contributed by atoms with Gasteiger partial charge in [-0.25, -0.2) is 4.98 Å². The highest BCUT2D eigenvalue weighted by molar-refractivity contribution is 7.16. The molecule has 3 rings (SSSR count). The summed E-state index contributed by atoms with van der Waals surface area (Å²) >= 11 is 13.4. The number of rotatable bonds is 4. The van der Waals surface area contributed by atoms with Gasteiger partial charge in [-0.1, -0.05) is 59.1 Å². The van der Waals surface area contributed by atoms with Crippen molar-refractivity contribution in [3.8, 4) is 11.3 Å². The van der Waals surface area contributed by atoms with Gasteiger partial charge in [-0.15, -0.1) is 11.3 Å². The lowest BCUT2D eigenvalue weighted by molar-refractivity contribution is -0.111. The van der Waals surface area contributed by atoms with E-state index in [1.807, 2.05) is 38.1 Å². The third-order valence-corrected chi connectivity index (χ3v) is 5.18. The highest BCUT2D eigenvalue weighted by atomic mass is 35.5. The van der Waals surface area contributed by atoms with E-state index in [-0.39, 0.29) is 5.91 Å². The van der Waals surface area contributed by atoms with E-state index in [0.717, 1.165) is 21.7 Å². The predicted octanol–water partition coefficient (Wildman–Crippen LogP) is 6.39. The first-order chi connectivity index (χ1) is 12.4. The van der Waals surface area contributed by atoms with Crippen LogP contribution >= 0.6 is 34.5 Å². The maximum absolute atomic E-state index is 12.2. The quantitative estimate of drug-likeness (QED) is 0.513. The SMILES string of the molecule is Cc1ccc(-c2nc(NC(=O)C=Cc3ccc(Cl)cc3Cl)sc2C)cc1. The van der Waals surface area contributed by atoms with Crippen LogP contribution < -0.4 is 5.32 Å². The van der Waals surface area contributed by atoms with E-state index < -0.39 is 0 Å². The molecule has 132 valence electrons. The molecule has 0 atom stereocenters. The minimum absolute atomic E-state index is 0.264. The maximum atomic E-state index is 12.2. The number of anilines is 1. The molecule has 1 N–H and O–H groups in total. The van der Waals surface area contributed by atoms with Gasteiger partial charge in [0.05, 0.1) is 5.69 Å². The number of halogens is 2. The second-order valence-corrected chi connectivity index (χ2v) is 7.83. The number of aromatic nitrogens is 1. The van der Waals surface area contributed by atoms with Gasteiger partial charge in [-0.05, 0) is 37.6 Å². The minimum Gasteiger partial charge on any atom is -0.298 e. The molecule has 0 aliphatic carbocycles. The Morgan fingerprint density at radius 2 is 1.85 bits per heavy atom. The van der Waals surface area contributed by atoms with Crippen LogP contribution in [-0.2, 0) is 4.79 Å². The van der Waals surface area contributed by atoms with E-state index in [1.54, 1.807) is 24.3 Å². The fourth-order valence-corrected chi connectivity index (χ4v) is 3.69. The van der Waals surface area contributed by atoms with Crippen LogP contribution in [0.1, 0.15) is 16.0 Å². The summed E-state index contributed by atoms with van der Waals surface area (Å²) in [6, 6.07) is 13.3. The zero-order chi connectivity index (χ0) is 18.7. The Kier molecular flexibility index (Phi) is 5.77. The zero-order valence-electron chi connectivity index (χ0n) is 14.2. The molecule has 1 heterocycles. The van der Waals surface area contributed by atoms with Gasteiger partial charge >= 0.3 is 0 Å². The highest BCUT2D eigenvalue weighted by Gasteiger charge is 2.11. The molecule has 1 aromatic heterocycles. The van der Waals surface area contributed by atoms with Crippen molar-refractivity contribution in [2.75, 3.05) is 5.32 Å². The third-order valence-electron chi connectivity index (χ3n) is 3.73. The molecule has 0 aliphatic heterocycles. The average Bonchev–Trinajstić information content (AvgIpc) is 2.95. The number of nitrogens with one attached hydrogen (secondary N) is 1. The number of thiazole rings is 1. The predicted molar refractivity (Wildman–Crippen MR) is 111 cm³/mol. The lowest BCUT2D eigenvalue weighted by Gasteiger charge is -2.00. The Hall–Kier alpha value is -2.14. The summed E-state index contributed by atoms with van der Waals surface area (Å²) in [7, 11) is 0. The fourth-order valence-electron chi connectivity index (χ4n) is 2.38. The Labute approximate surface area is 166 Å².